The van der Waals surface area contributed by atoms with E-state index in [2.05, 4.69) is 15.6 Å². The van der Waals surface area contributed by atoms with Gasteiger partial charge in [-0.25, -0.2) is 4.98 Å². The predicted octanol–water partition coefficient (Wildman–Crippen LogP) is 3.57. The normalized spacial score (nSPS) is 10.2. The van der Waals surface area contributed by atoms with Gasteiger partial charge in [0.05, 0.1) is 19.1 Å². The fourth-order valence-corrected chi connectivity index (χ4v) is 3.14. The van der Waals surface area contributed by atoms with Crippen LogP contribution in [-0.2, 0) is 0 Å². The summed E-state index contributed by atoms with van der Waals surface area (Å²) in [5.41, 5.74) is 0.399. The number of nitro groups is 1. The van der Waals surface area contributed by atoms with Gasteiger partial charge < -0.3 is 14.8 Å². The van der Waals surface area contributed by atoms with Crippen molar-refractivity contribution in [3.63, 3.8) is 0 Å². The molecular weight excluding hydrogens is 412 g/mol. The van der Waals surface area contributed by atoms with E-state index in [9.17, 15) is 19.7 Å². The first-order valence-corrected chi connectivity index (χ1v) is 9.34. The van der Waals surface area contributed by atoms with Crippen molar-refractivity contribution in [2.75, 3.05) is 24.9 Å². The molecule has 0 aliphatic rings. The maximum Gasteiger partial charge on any atom is 0.312 e. The zero-order valence-electron chi connectivity index (χ0n) is 15.9. The van der Waals surface area contributed by atoms with Crippen LogP contribution in [0.5, 0.6) is 11.5 Å². The number of ether oxygens (including phenoxy) is 2. The molecule has 3 aromatic rings. The predicted molar refractivity (Wildman–Crippen MR) is 111 cm³/mol. The summed E-state index contributed by atoms with van der Waals surface area (Å²) >= 11 is 1.08. The molecule has 0 saturated carbocycles. The number of amides is 2. The lowest BCUT2D eigenvalue weighted by atomic mass is 10.2. The third-order valence-electron chi connectivity index (χ3n) is 3.94. The lowest BCUT2D eigenvalue weighted by molar-refractivity contribution is -0.385. The number of rotatable bonds is 7. The van der Waals surface area contributed by atoms with E-state index >= 15 is 0 Å². The lowest BCUT2D eigenvalue weighted by Gasteiger charge is -2.06. The number of aromatic nitrogens is 1. The quantitative estimate of drug-likeness (QED) is 0.434. The minimum absolute atomic E-state index is 0.0588. The molecule has 0 atom stereocenters. The van der Waals surface area contributed by atoms with Crippen molar-refractivity contribution < 1.29 is 24.0 Å². The van der Waals surface area contributed by atoms with Crippen molar-refractivity contribution in [1.29, 1.82) is 0 Å². The molecule has 0 radical (unpaired) electrons. The SMILES string of the molecule is COc1ccc(C(=O)Nc2nc(C(=O)Nc3ccc(OC)c([N+](=O)[O-])c3)cs2)cc1. The lowest BCUT2D eigenvalue weighted by Crippen LogP contribution is -2.14. The maximum absolute atomic E-state index is 12.4. The molecule has 10 nitrogen and oxygen atoms in total. The van der Waals surface area contributed by atoms with Gasteiger partial charge in [-0.2, -0.15) is 0 Å². The Balaban J connectivity index is 1.68. The molecule has 0 aliphatic carbocycles. The van der Waals surface area contributed by atoms with Gasteiger partial charge >= 0.3 is 5.69 Å². The molecule has 1 aromatic heterocycles. The summed E-state index contributed by atoms with van der Waals surface area (Å²) in [6, 6.07) is 10.6. The number of nitro benzene ring substituents is 1. The summed E-state index contributed by atoms with van der Waals surface area (Å²) in [4.78, 5) is 39.3. The summed E-state index contributed by atoms with van der Waals surface area (Å²) < 4.78 is 9.98. The first-order chi connectivity index (χ1) is 14.4. The number of carbonyl (C=O) groups is 2. The average molecular weight is 428 g/mol. The van der Waals surface area contributed by atoms with Gasteiger partial charge in [0, 0.05) is 22.7 Å². The average Bonchev–Trinajstić information content (AvgIpc) is 3.22. The monoisotopic (exact) mass is 428 g/mol. The third-order valence-corrected chi connectivity index (χ3v) is 4.70. The largest absolute Gasteiger partial charge is 0.497 e. The number of benzene rings is 2. The van der Waals surface area contributed by atoms with Crippen LogP contribution in [0.4, 0.5) is 16.5 Å². The van der Waals surface area contributed by atoms with Crippen LogP contribution in [-0.4, -0.2) is 35.9 Å². The standard InChI is InChI=1S/C19H16N4O6S/c1-28-13-6-3-11(4-7-13)17(24)22-19-21-14(10-30-19)18(25)20-12-5-8-16(29-2)15(9-12)23(26)27/h3-10H,1-2H3,(H,20,25)(H,21,22,24). The number of carbonyl (C=O) groups excluding carboxylic acids is 2. The highest BCUT2D eigenvalue weighted by Gasteiger charge is 2.18. The van der Waals surface area contributed by atoms with Crippen LogP contribution in [0.25, 0.3) is 0 Å². The summed E-state index contributed by atoms with van der Waals surface area (Å²) in [5.74, 6) is -0.255. The summed E-state index contributed by atoms with van der Waals surface area (Å²) in [6.45, 7) is 0. The Morgan fingerprint density at radius 2 is 1.77 bits per heavy atom. The van der Waals surface area contributed by atoms with Gasteiger partial charge in [-0.15, -0.1) is 11.3 Å². The van der Waals surface area contributed by atoms with Crippen LogP contribution in [0, 0.1) is 10.1 Å². The van der Waals surface area contributed by atoms with Gasteiger partial charge in [-0.1, -0.05) is 0 Å². The first kappa shape index (κ1) is 20.7. The number of nitrogens with one attached hydrogen (secondary N) is 2. The second kappa shape index (κ2) is 9.01. The van der Waals surface area contributed by atoms with Crippen molar-refractivity contribution in [2.45, 2.75) is 0 Å². The van der Waals surface area contributed by atoms with Gasteiger partial charge in [0.15, 0.2) is 10.9 Å². The Bertz CT molecular complexity index is 1100. The number of anilines is 2. The molecule has 0 saturated heterocycles. The number of hydrogen-bond donors (Lipinski definition) is 2. The number of nitrogens with zero attached hydrogens (tertiary/aromatic N) is 2. The number of methoxy groups -OCH3 is 2. The highest BCUT2D eigenvalue weighted by atomic mass is 32.1. The van der Waals surface area contributed by atoms with E-state index in [1.54, 1.807) is 24.3 Å². The maximum atomic E-state index is 12.4. The van der Waals surface area contributed by atoms with Gasteiger partial charge in [0.2, 0.25) is 0 Å². The van der Waals surface area contributed by atoms with Gasteiger partial charge in [0.25, 0.3) is 11.8 Å². The minimum Gasteiger partial charge on any atom is -0.497 e. The van der Waals surface area contributed by atoms with Crippen molar-refractivity contribution in [2.24, 2.45) is 0 Å². The zero-order valence-corrected chi connectivity index (χ0v) is 16.7. The van der Waals surface area contributed by atoms with E-state index in [0.29, 0.717) is 11.3 Å². The molecule has 2 amide bonds. The van der Waals surface area contributed by atoms with E-state index in [4.69, 9.17) is 9.47 Å². The molecule has 11 heteroatoms. The molecular formula is C19H16N4O6S. The molecule has 0 spiro atoms. The third kappa shape index (κ3) is 4.70. The second-order valence-electron chi connectivity index (χ2n) is 5.82. The summed E-state index contributed by atoms with van der Waals surface area (Å²) in [6.07, 6.45) is 0. The molecule has 0 aliphatic heterocycles. The van der Waals surface area contributed by atoms with E-state index in [-0.39, 0.29) is 33.9 Å². The van der Waals surface area contributed by atoms with Crippen LogP contribution in [0.2, 0.25) is 0 Å². The van der Waals surface area contributed by atoms with Crippen LogP contribution in [0.3, 0.4) is 0 Å². The second-order valence-corrected chi connectivity index (χ2v) is 6.68. The highest BCUT2D eigenvalue weighted by molar-refractivity contribution is 7.14. The van der Waals surface area contributed by atoms with Crippen LogP contribution in [0.1, 0.15) is 20.8 Å². The molecule has 2 aromatic carbocycles. The Labute approximate surface area is 174 Å². The molecule has 0 fully saturated rings. The smallest absolute Gasteiger partial charge is 0.312 e. The fourth-order valence-electron chi connectivity index (χ4n) is 2.45. The van der Waals surface area contributed by atoms with Gasteiger partial charge in [-0.3, -0.25) is 25.0 Å². The Kier molecular flexibility index (Phi) is 6.23. The number of hydrogen-bond acceptors (Lipinski definition) is 8. The van der Waals surface area contributed by atoms with Crippen molar-refractivity contribution in [1.82, 2.24) is 4.98 Å². The van der Waals surface area contributed by atoms with E-state index in [1.807, 2.05) is 0 Å². The topological polar surface area (TPSA) is 133 Å². The van der Waals surface area contributed by atoms with Crippen molar-refractivity contribution >= 4 is 39.7 Å². The van der Waals surface area contributed by atoms with E-state index in [1.165, 1.54) is 37.8 Å². The highest BCUT2D eigenvalue weighted by Crippen LogP contribution is 2.30. The van der Waals surface area contributed by atoms with E-state index < -0.39 is 10.8 Å². The molecule has 0 unspecified atom stereocenters. The first-order valence-electron chi connectivity index (χ1n) is 8.46. The molecule has 30 heavy (non-hydrogen) atoms. The molecule has 154 valence electrons. The zero-order chi connectivity index (χ0) is 21.7. The minimum atomic E-state index is -0.607. The molecule has 0 bridgehead atoms. The Hall–Kier alpha value is -3.99. The fraction of sp³-hybridized carbons (Fsp3) is 0.105. The number of thiazole rings is 1. The van der Waals surface area contributed by atoms with Crippen LogP contribution >= 0.6 is 11.3 Å². The van der Waals surface area contributed by atoms with Crippen LogP contribution in [0.15, 0.2) is 47.8 Å². The van der Waals surface area contributed by atoms with Crippen LogP contribution < -0.4 is 20.1 Å². The molecule has 2 N–H and O–H groups in total. The van der Waals surface area contributed by atoms with Gasteiger partial charge in [-0.05, 0) is 36.4 Å². The Morgan fingerprint density at radius 3 is 2.40 bits per heavy atom. The van der Waals surface area contributed by atoms with Crippen molar-refractivity contribution in [3.05, 3.63) is 69.2 Å². The van der Waals surface area contributed by atoms with Crippen molar-refractivity contribution in [3.8, 4) is 11.5 Å². The Morgan fingerprint density at radius 1 is 1.03 bits per heavy atom. The van der Waals surface area contributed by atoms with Gasteiger partial charge in [0.1, 0.15) is 11.4 Å². The molecule has 1 heterocycles. The molecule has 3 rings (SSSR count). The summed E-state index contributed by atoms with van der Waals surface area (Å²) in [5, 5.41) is 18.0. The summed E-state index contributed by atoms with van der Waals surface area (Å²) in [7, 11) is 2.85. The van der Waals surface area contributed by atoms with E-state index in [0.717, 1.165) is 11.3 Å².